The summed E-state index contributed by atoms with van der Waals surface area (Å²) in [4.78, 5) is 0. The van der Waals surface area contributed by atoms with E-state index in [1.165, 1.54) is 44.2 Å². The molecule has 20 heavy (non-hydrogen) atoms. The molecule has 3 heteroatoms. The normalized spacial score (nSPS) is 18.6. The van der Waals surface area contributed by atoms with E-state index in [-0.39, 0.29) is 0 Å². The molecule has 114 valence electrons. The van der Waals surface area contributed by atoms with Crippen LogP contribution in [-0.2, 0) is 6.42 Å². The average Bonchev–Trinajstić information content (AvgIpc) is 2.88. The van der Waals surface area contributed by atoms with E-state index in [0.29, 0.717) is 12.1 Å². The zero-order valence-corrected chi connectivity index (χ0v) is 13.4. The van der Waals surface area contributed by atoms with Crippen molar-refractivity contribution in [1.82, 2.24) is 15.1 Å². The summed E-state index contributed by atoms with van der Waals surface area (Å²) in [7, 11) is 0. The maximum atomic E-state index is 4.84. The first-order valence-corrected chi connectivity index (χ1v) is 8.46. The van der Waals surface area contributed by atoms with Crippen LogP contribution in [0.2, 0.25) is 0 Å². The van der Waals surface area contributed by atoms with E-state index < -0.39 is 0 Å². The lowest BCUT2D eigenvalue weighted by molar-refractivity contribution is 0.326. The molecule has 0 saturated heterocycles. The van der Waals surface area contributed by atoms with Crippen LogP contribution < -0.4 is 5.32 Å². The molecule has 1 aromatic rings. The van der Waals surface area contributed by atoms with Gasteiger partial charge in [-0.05, 0) is 37.8 Å². The second-order valence-corrected chi connectivity index (χ2v) is 6.67. The summed E-state index contributed by atoms with van der Waals surface area (Å²) in [6.07, 6.45) is 11.2. The summed E-state index contributed by atoms with van der Waals surface area (Å²) in [6, 6.07) is 3.44. The fourth-order valence-electron chi connectivity index (χ4n) is 3.38. The van der Waals surface area contributed by atoms with Crippen LogP contribution in [0, 0.1) is 5.92 Å². The molecule has 0 radical (unpaired) electrons. The molecule has 1 aliphatic carbocycles. The van der Waals surface area contributed by atoms with E-state index in [2.05, 4.69) is 43.0 Å². The Kier molecular flexibility index (Phi) is 6.08. The molecule has 0 aliphatic heterocycles. The molecule has 1 saturated carbocycles. The maximum Gasteiger partial charge on any atom is 0.0640 e. The molecule has 0 spiro atoms. The first kappa shape index (κ1) is 15.6. The molecule has 0 bridgehead atoms. The van der Waals surface area contributed by atoms with Gasteiger partial charge in [0.1, 0.15) is 0 Å². The second kappa shape index (κ2) is 7.82. The molecular weight excluding hydrogens is 246 g/mol. The van der Waals surface area contributed by atoms with Gasteiger partial charge in [-0.15, -0.1) is 0 Å². The highest BCUT2D eigenvalue weighted by atomic mass is 15.3. The third kappa shape index (κ3) is 4.62. The molecule has 0 amide bonds. The minimum absolute atomic E-state index is 0.565. The van der Waals surface area contributed by atoms with Gasteiger partial charge in [-0.3, -0.25) is 4.68 Å². The van der Waals surface area contributed by atoms with Crippen molar-refractivity contribution in [3.05, 3.63) is 18.0 Å². The third-order valence-electron chi connectivity index (χ3n) is 4.32. The van der Waals surface area contributed by atoms with Crippen LogP contribution in [0.15, 0.2) is 12.3 Å². The summed E-state index contributed by atoms with van der Waals surface area (Å²) in [5, 5.41) is 8.44. The van der Waals surface area contributed by atoms with E-state index in [1.54, 1.807) is 0 Å². The van der Waals surface area contributed by atoms with Crippen molar-refractivity contribution in [3.8, 4) is 0 Å². The lowest BCUT2D eigenvalue weighted by Gasteiger charge is -2.22. The van der Waals surface area contributed by atoms with Crippen LogP contribution >= 0.6 is 0 Å². The lowest BCUT2D eigenvalue weighted by atomic mass is 9.96. The Bertz CT molecular complexity index is 377. The largest absolute Gasteiger partial charge is 0.314 e. The van der Waals surface area contributed by atoms with Gasteiger partial charge < -0.3 is 5.32 Å². The minimum atomic E-state index is 0.565. The smallest absolute Gasteiger partial charge is 0.0640 e. The quantitative estimate of drug-likeness (QED) is 0.817. The lowest BCUT2D eigenvalue weighted by Crippen LogP contribution is -2.32. The fourth-order valence-corrected chi connectivity index (χ4v) is 3.38. The number of nitrogens with zero attached hydrogens (tertiary/aromatic N) is 2. The van der Waals surface area contributed by atoms with Gasteiger partial charge in [0, 0.05) is 18.7 Å². The molecule has 1 fully saturated rings. The third-order valence-corrected chi connectivity index (χ3v) is 4.32. The van der Waals surface area contributed by atoms with E-state index >= 15 is 0 Å². The van der Waals surface area contributed by atoms with Gasteiger partial charge in [0.05, 0.1) is 11.7 Å². The average molecular weight is 277 g/mol. The van der Waals surface area contributed by atoms with E-state index in [0.717, 1.165) is 18.9 Å². The molecule has 1 unspecified atom stereocenters. The van der Waals surface area contributed by atoms with Gasteiger partial charge in [0.2, 0.25) is 0 Å². The first-order valence-electron chi connectivity index (χ1n) is 8.46. The van der Waals surface area contributed by atoms with E-state index in [4.69, 9.17) is 5.10 Å². The zero-order chi connectivity index (χ0) is 14.4. The Hall–Kier alpha value is -0.830. The van der Waals surface area contributed by atoms with Gasteiger partial charge in [0.25, 0.3) is 0 Å². The van der Waals surface area contributed by atoms with Crippen molar-refractivity contribution in [2.24, 2.45) is 5.92 Å². The van der Waals surface area contributed by atoms with Crippen LogP contribution in [0.4, 0.5) is 0 Å². The van der Waals surface area contributed by atoms with Gasteiger partial charge >= 0.3 is 0 Å². The molecule has 1 aliphatic rings. The van der Waals surface area contributed by atoms with Crippen molar-refractivity contribution in [2.45, 2.75) is 77.8 Å². The van der Waals surface area contributed by atoms with Gasteiger partial charge in [0.15, 0.2) is 0 Å². The summed E-state index contributed by atoms with van der Waals surface area (Å²) in [5.74, 6) is 0.736. The number of likely N-dealkylation sites (N-methyl/N-ethyl adjacent to an activating group) is 1. The molecule has 2 rings (SSSR count). The SMILES string of the molecule is CCNC(Cc1ccn(C2CCCCC2)n1)CC(C)C. The fraction of sp³-hybridized carbons (Fsp3) is 0.824. The zero-order valence-electron chi connectivity index (χ0n) is 13.4. The summed E-state index contributed by atoms with van der Waals surface area (Å²) in [6.45, 7) is 7.82. The van der Waals surface area contributed by atoms with Crippen molar-refractivity contribution >= 4 is 0 Å². The van der Waals surface area contributed by atoms with Crippen molar-refractivity contribution in [2.75, 3.05) is 6.54 Å². The number of hydrogen-bond donors (Lipinski definition) is 1. The van der Waals surface area contributed by atoms with Crippen molar-refractivity contribution in [3.63, 3.8) is 0 Å². The molecule has 0 aromatic carbocycles. The molecule has 3 nitrogen and oxygen atoms in total. The van der Waals surface area contributed by atoms with Crippen LogP contribution in [0.1, 0.15) is 71.0 Å². The predicted octanol–water partition coefficient (Wildman–Crippen LogP) is 3.96. The minimum Gasteiger partial charge on any atom is -0.314 e. The summed E-state index contributed by atoms with van der Waals surface area (Å²) < 4.78 is 2.23. The molecule has 1 aromatic heterocycles. The van der Waals surface area contributed by atoms with Crippen molar-refractivity contribution in [1.29, 1.82) is 0 Å². The van der Waals surface area contributed by atoms with Crippen molar-refractivity contribution < 1.29 is 0 Å². The molecular formula is C17H31N3. The van der Waals surface area contributed by atoms with Gasteiger partial charge in [-0.25, -0.2) is 0 Å². The Morgan fingerprint density at radius 1 is 1.30 bits per heavy atom. The van der Waals surface area contributed by atoms with Gasteiger partial charge in [-0.1, -0.05) is 40.0 Å². The van der Waals surface area contributed by atoms with E-state index in [9.17, 15) is 0 Å². The topological polar surface area (TPSA) is 29.9 Å². The monoisotopic (exact) mass is 277 g/mol. The Morgan fingerprint density at radius 2 is 2.05 bits per heavy atom. The van der Waals surface area contributed by atoms with E-state index in [1.807, 2.05) is 0 Å². The van der Waals surface area contributed by atoms with Crippen LogP contribution in [0.5, 0.6) is 0 Å². The molecule has 1 N–H and O–H groups in total. The molecule has 1 atom stereocenters. The first-order chi connectivity index (χ1) is 9.69. The Labute approximate surface area is 124 Å². The van der Waals surface area contributed by atoms with Crippen LogP contribution in [0.25, 0.3) is 0 Å². The van der Waals surface area contributed by atoms with Crippen LogP contribution in [0.3, 0.4) is 0 Å². The number of hydrogen-bond acceptors (Lipinski definition) is 2. The predicted molar refractivity (Wildman–Crippen MR) is 85.0 cm³/mol. The Morgan fingerprint density at radius 3 is 2.70 bits per heavy atom. The summed E-state index contributed by atoms with van der Waals surface area (Å²) >= 11 is 0. The highest BCUT2D eigenvalue weighted by Crippen LogP contribution is 2.27. The maximum absolute atomic E-state index is 4.84. The number of aromatic nitrogens is 2. The second-order valence-electron chi connectivity index (χ2n) is 6.67. The van der Waals surface area contributed by atoms with Gasteiger partial charge in [-0.2, -0.15) is 5.10 Å². The highest BCUT2D eigenvalue weighted by molar-refractivity contribution is 5.02. The van der Waals surface area contributed by atoms with Crippen LogP contribution in [-0.4, -0.2) is 22.4 Å². The Balaban J connectivity index is 1.92. The standard InChI is InChI=1S/C17H31N3/c1-4-18-16(12-14(2)3)13-15-10-11-20(19-15)17-8-6-5-7-9-17/h10-11,14,16-18H,4-9,12-13H2,1-3H3. The number of rotatable bonds is 7. The molecule has 1 heterocycles. The highest BCUT2D eigenvalue weighted by Gasteiger charge is 2.17. The number of nitrogens with one attached hydrogen (secondary N) is 1. The summed E-state index contributed by atoms with van der Waals surface area (Å²) in [5.41, 5.74) is 1.25.